The van der Waals surface area contributed by atoms with Gasteiger partial charge in [-0.2, -0.15) is 8.78 Å². The minimum Gasteiger partial charge on any atom is -0.485 e. The normalized spacial score (nSPS) is 13.6. The van der Waals surface area contributed by atoms with Crippen LogP contribution in [0.1, 0.15) is 25.6 Å². The fourth-order valence-corrected chi connectivity index (χ4v) is 1.39. The van der Waals surface area contributed by atoms with Crippen molar-refractivity contribution in [1.29, 1.82) is 0 Å². The minimum absolute atomic E-state index is 0.0153. The number of ether oxygens (including phenoxy) is 1. The summed E-state index contributed by atoms with van der Waals surface area (Å²) in [5, 5.41) is 3.13. The van der Waals surface area contributed by atoms with Crippen molar-refractivity contribution >= 4 is 0 Å². The maximum atomic E-state index is 12.6. The molecule has 0 aliphatic heterocycles. The maximum absolute atomic E-state index is 12.6. The van der Waals surface area contributed by atoms with Crippen LogP contribution >= 0.6 is 0 Å². The molecule has 0 amide bonds. The Morgan fingerprint density at radius 2 is 2.05 bits per heavy atom. The fraction of sp³-hybridized carbons (Fsp3) is 0.583. The summed E-state index contributed by atoms with van der Waals surface area (Å²) in [5.74, 6) is -4.12. The van der Waals surface area contributed by atoms with E-state index in [-0.39, 0.29) is 11.8 Å². The van der Waals surface area contributed by atoms with Gasteiger partial charge in [0.25, 0.3) is 0 Å². The molecule has 1 heterocycles. The summed E-state index contributed by atoms with van der Waals surface area (Å²) < 4.78 is 53.7. The average Bonchev–Trinajstić information content (AvgIpc) is 2.37. The lowest BCUT2D eigenvalue weighted by Gasteiger charge is -2.16. The van der Waals surface area contributed by atoms with Crippen LogP contribution in [0.4, 0.5) is 17.6 Å². The molecule has 1 N–H and O–H groups in total. The Kier molecular flexibility index (Phi) is 5.53. The molecule has 1 unspecified atom stereocenters. The Hall–Kier alpha value is -1.37. The number of hydrogen-bond acceptors (Lipinski definition) is 3. The smallest absolute Gasteiger partial charge is 0.340 e. The van der Waals surface area contributed by atoms with Crippen molar-refractivity contribution in [2.75, 3.05) is 13.2 Å². The lowest BCUT2D eigenvalue weighted by Crippen LogP contribution is -2.33. The number of aromatic nitrogens is 1. The van der Waals surface area contributed by atoms with E-state index < -0.39 is 19.0 Å². The molecule has 0 aliphatic rings. The van der Waals surface area contributed by atoms with Gasteiger partial charge >= 0.3 is 12.3 Å². The number of nitrogens with one attached hydrogen (secondary N) is 1. The first-order valence-corrected chi connectivity index (χ1v) is 5.85. The summed E-state index contributed by atoms with van der Waals surface area (Å²) in [6.45, 7) is 3.24. The molecular formula is C12H16F4N2O. The number of rotatable bonds is 7. The zero-order valence-electron chi connectivity index (χ0n) is 10.7. The van der Waals surface area contributed by atoms with Gasteiger partial charge in [0.05, 0.1) is 11.9 Å². The predicted octanol–water partition coefficient (Wildman–Crippen LogP) is 3.03. The second-order valence-corrected chi connectivity index (χ2v) is 4.05. The molecule has 0 bridgehead atoms. The molecule has 0 fully saturated rings. The van der Waals surface area contributed by atoms with Gasteiger partial charge in [0.2, 0.25) is 0 Å². The zero-order valence-corrected chi connectivity index (χ0v) is 10.7. The van der Waals surface area contributed by atoms with Crippen LogP contribution in [-0.2, 0) is 0 Å². The van der Waals surface area contributed by atoms with Crippen LogP contribution in [-0.4, -0.2) is 30.5 Å². The van der Waals surface area contributed by atoms with Crippen LogP contribution in [0, 0.1) is 0 Å². The quantitative estimate of drug-likeness (QED) is 0.780. The highest BCUT2D eigenvalue weighted by atomic mass is 19.3. The van der Waals surface area contributed by atoms with E-state index in [0.29, 0.717) is 0 Å². The van der Waals surface area contributed by atoms with Crippen molar-refractivity contribution in [3.63, 3.8) is 0 Å². The molecule has 1 aromatic rings. The van der Waals surface area contributed by atoms with Gasteiger partial charge in [-0.1, -0.05) is 6.92 Å². The van der Waals surface area contributed by atoms with Gasteiger partial charge in [-0.3, -0.25) is 4.98 Å². The van der Waals surface area contributed by atoms with Crippen LogP contribution in [0.5, 0.6) is 5.75 Å². The molecule has 1 atom stereocenters. The van der Waals surface area contributed by atoms with E-state index in [0.717, 1.165) is 12.2 Å². The third-order valence-corrected chi connectivity index (χ3v) is 2.46. The summed E-state index contributed by atoms with van der Waals surface area (Å²) in [7, 11) is 0. The molecule has 0 saturated carbocycles. The van der Waals surface area contributed by atoms with Crippen LogP contribution < -0.4 is 10.1 Å². The van der Waals surface area contributed by atoms with Crippen molar-refractivity contribution in [2.24, 2.45) is 0 Å². The highest BCUT2D eigenvalue weighted by molar-refractivity contribution is 5.21. The summed E-state index contributed by atoms with van der Waals surface area (Å²) in [4.78, 5) is 4.02. The molecule has 108 valence electrons. The molecule has 0 radical (unpaired) electrons. The minimum atomic E-state index is -4.16. The number of nitrogens with zero attached hydrogens (tertiary/aromatic N) is 1. The Morgan fingerprint density at radius 1 is 1.37 bits per heavy atom. The molecule has 3 nitrogen and oxygen atoms in total. The molecule has 0 aliphatic carbocycles. The van der Waals surface area contributed by atoms with Crippen molar-refractivity contribution in [1.82, 2.24) is 10.3 Å². The van der Waals surface area contributed by atoms with Crippen molar-refractivity contribution < 1.29 is 22.3 Å². The Morgan fingerprint density at radius 3 is 2.53 bits per heavy atom. The summed E-state index contributed by atoms with van der Waals surface area (Å²) in [6.07, 6.45) is -2.50. The second kappa shape index (κ2) is 6.70. The van der Waals surface area contributed by atoms with Crippen LogP contribution in [0.3, 0.4) is 0 Å². The number of hydrogen-bond donors (Lipinski definition) is 1. The first kappa shape index (κ1) is 15.7. The van der Waals surface area contributed by atoms with Gasteiger partial charge in [-0.15, -0.1) is 0 Å². The summed E-state index contributed by atoms with van der Waals surface area (Å²) in [6, 6.07) is 3.04. The molecule has 1 rings (SSSR count). The molecular weight excluding hydrogens is 264 g/mol. The average molecular weight is 280 g/mol. The largest absolute Gasteiger partial charge is 0.485 e. The van der Waals surface area contributed by atoms with E-state index in [1.807, 2.05) is 13.8 Å². The SMILES string of the molecule is CCNC(C)c1ccc(OCC(F)(F)C(F)F)cn1. The second-order valence-electron chi connectivity index (χ2n) is 4.05. The molecule has 0 aromatic carbocycles. The highest BCUT2D eigenvalue weighted by Crippen LogP contribution is 2.24. The molecule has 0 spiro atoms. The summed E-state index contributed by atoms with van der Waals surface area (Å²) >= 11 is 0. The van der Waals surface area contributed by atoms with Gasteiger partial charge < -0.3 is 10.1 Å². The van der Waals surface area contributed by atoms with Crippen molar-refractivity contribution in [3.8, 4) is 5.75 Å². The fourth-order valence-electron chi connectivity index (χ4n) is 1.39. The molecule has 1 aromatic heterocycles. The van der Waals surface area contributed by atoms with Gasteiger partial charge in [0, 0.05) is 6.04 Å². The summed E-state index contributed by atoms with van der Waals surface area (Å²) in [5.41, 5.74) is 0.717. The van der Waals surface area contributed by atoms with Gasteiger partial charge in [0.1, 0.15) is 5.75 Å². The van der Waals surface area contributed by atoms with Gasteiger partial charge in [-0.25, -0.2) is 8.78 Å². The standard InChI is InChI=1S/C12H16F4N2O/c1-3-17-8(2)10-5-4-9(6-18-10)19-7-12(15,16)11(13)14/h4-6,8,11,17H,3,7H2,1-2H3. The topological polar surface area (TPSA) is 34.1 Å². The zero-order chi connectivity index (χ0) is 14.5. The van der Waals surface area contributed by atoms with E-state index in [2.05, 4.69) is 15.0 Å². The van der Waals surface area contributed by atoms with E-state index in [9.17, 15) is 17.6 Å². The van der Waals surface area contributed by atoms with Crippen LogP contribution in [0.2, 0.25) is 0 Å². The molecule has 0 saturated heterocycles. The first-order chi connectivity index (χ1) is 8.86. The Balaban J connectivity index is 2.58. The predicted molar refractivity (Wildman–Crippen MR) is 62.8 cm³/mol. The molecule has 19 heavy (non-hydrogen) atoms. The van der Waals surface area contributed by atoms with Crippen LogP contribution in [0.25, 0.3) is 0 Å². The van der Waals surface area contributed by atoms with E-state index >= 15 is 0 Å². The third kappa shape index (κ3) is 4.66. The monoisotopic (exact) mass is 280 g/mol. The number of pyridine rings is 1. The first-order valence-electron chi connectivity index (χ1n) is 5.85. The lowest BCUT2D eigenvalue weighted by molar-refractivity contribution is -0.148. The lowest BCUT2D eigenvalue weighted by atomic mass is 10.2. The third-order valence-electron chi connectivity index (χ3n) is 2.46. The van der Waals surface area contributed by atoms with Crippen molar-refractivity contribution in [2.45, 2.75) is 32.2 Å². The highest BCUT2D eigenvalue weighted by Gasteiger charge is 2.41. The Labute approximate surface area is 109 Å². The van der Waals surface area contributed by atoms with E-state index in [1.54, 1.807) is 6.07 Å². The van der Waals surface area contributed by atoms with Crippen LogP contribution in [0.15, 0.2) is 18.3 Å². The number of alkyl halides is 4. The maximum Gasteiger partial charge on any atom is 0.340 e. The van der Waals surface area contributed by atoms with Crippen molar-refractivity contribution in [3.05, 3.63) is 24.0 Å². The Bertz CT molecular complexity index is 384. The van der Waals surface area contributed by atoms with Gasteiger partial charge in [-0.05, 0) is 25.6 Å². The number of halogens is 4. The van der Waals surface area contributed by atoms with Gasteiger partial charge in [0.15, 0.2) is 6.61 Å². The van der Waals surface area contributed by atoms with E-state index in [1.165, 1.54) is 12.3 Å². The van der Waals surface area contributed by atoms with E-state index in [4.69, 9.17) is 0 Å². The molecule has 7 heteroatoms.